The maximum atomic E-state index is 12.2. The molecular formula is C21H23N3O5. The molecule has 0 bridgehead atoms. The monoisotopic (exact) mass is 397 g/mol. The van der Waals surface area contributed by atoms with Gasteiger partial charge >= 0.3 is 0 Å². The second-order valence-electron chi connectivity index (χ2n) is 6.18. The van der Waals surface area contributed by atoms with Crippen molar-refractivity contribution in [3.05, 3.63) is 53.9 Å². The van der Waals surface area contributed by atoms with Gasteiger partial charge in [-0.15, -0.1) is 0 Å². The van der Waals surface area contributed by atoms with Crippen LogP contribution in [0.5, 0.6) is 17.2 Å². The number of hydrogen-bond acceptors (Lipinski definition) is 7. The van der Waals surface area contributed by atoms with Crippen LogP contribution in [0.25, 0.3) is 11.4 Å². The summed E-state index contributed by atoms with van der Waals surface area (Å²) in [4.78, 5) is 16.6. The van der Waals surface area contributed by atoms with Gasteiger partial charge in [0.2, 0.25) is 17.6 Å². The van der Waals surface area contributed by atoms with Gasteiger partial charge in [-0.3, -0.25) is 4.79 Å². The van der Waals surface area contributed by atoms with Crippen LogP contribution in [0.3, 0.4) is 0 Å². The molecule has 0 aliphatic carbocycles. The fourth-order valence-electron chi connectivity index (χ4n) is 2.84. The van der Waals surface area contributed by atoms with Crippen LogP contribution < -0.4 is 19.5 Å². The zero-order valence-electron chi connectivity index (χ0n) is 16.6. The number of nitrogens with zero attached hydrogens (tertiary/aromatic N) is 2. The minimum absolute atomic E-state index is 0.110. The molecule has 0 spiro atoms. The first-order valence-corrected chi connectivity index (χ1v) is 9.08. The SMILES string of the molecule is COc1ccc(CC(=O)NCCc2nc(-c3ccccc3OC)no2)cc1OC. The van der Waals surface area contributed by atoms with Gasteiger partial charge in [-0.1, -0.05) is 23.4 Å². The fourth-order valence-corrected chi connectivity index (χ4v) is 2.84. The molecule has 1 N–H and O–H groups in total. The van der Waals surface area contributed by atoms with Crippen LogP contribution in [0, 0.1) is 0 Å². The molecule has 0 radical (unpaired) electrons. The van der Waals surface area contributed by atoms with Crippen molar-refractivity contribution in [3.63, 3.8) is 0 Å². The standard InChI is InChI=1S/C21H23N3O5/c1-26-16-7-5-4-6-15(16)21-23-20(29-24-21)10-11-22-19(25)13-14-8-9-17(27-2)18(12-14)28-3/h4-9,12H,10-11,13H2,1-3H3,(H,22,25). The Kier molecular flexibility index (Phi) is 6.67. The van der Waals surface area contributed by atoms with Gasteiger partial charge in [-0.2, -0.15) is 4.98 Å². The van der Waals surface area contributed by atoms with E-state index < -0.39 is 0 Å². The number of hydrogen-bond donors (Lipinski definition) is 1. The summed E-state index contributed by atoms with van der Waals surface area (Å²) in [5, 5.41) is 6.85. The second kappa shape index (κ2) is 9.59. The van der Waals surface area contributed by atoms with E-state index in [9.17, 15) is 4.79 Å². The Labute approximate surface area is 168 Å². The first-order chi connectivity index (χ1) is 14.1. The molecule has 3 aromatic rings. The molecule has 8 nitrogen and oxygen atoms in total. The van der Waals surface area contributed by atoms with Gasteiger partial charge < -0.3 is 24.1 Å². The molecule has 8 heteroatoms. The largest absolute Gasteiger partial charge is 0.496 e. The molecule has 1 heterocycles. The van der Waals surface area contributed by atoms with E-state index in [1.54, 1.807) is 33.5 Å². The van der Waals surface area contributed by atoms with Crippen LogP contribution in [0.4, 0.5) is 0 Å². The summed E-state index contributed by atoms with van der Waals surface area (Å²) in [5.41, 5.74) is 1.58. The van der Waals surface area contributed by atoms with Crippen molar-refractivity contribution in [1.82, 2.24) is 15.5 Å². The van der Waals surface area contributed by atoms with Crippen molar-refractivity contribution in [1.29, 1.82) is 0 Å². The Morgan fingerprint density at radius 1 is 1.00 bits per heavy atom. The van der Waals surface area contributed by atoms with Crippen LogP contribution in [0.1, 0.15) is 11.5 Å². The number of carbonyl (C=O) groups is 1. The molecule has 1 aromatic heterocycles. The first-order valence-electron chi connectivity index (χ1n) is 9.08. The zero-order chi connectivity index (χ0) is 20.6. The highest BCUT2D eigenvalue weighted by Crippen LogP contribution is 2.28. The van der Waals surface area contributed by atoms with Crippen molar-refractivity contribution in [3.8, 4) is 28.6 Å². The number of rotatable bonds is 9. The van der Waals surface area contributed by atoms with E-state index in [-0.39, 0.29) is 12.3 Å². The van der Waals surface area contributed by atoms with Crippen LogP contribution >= 0.6 is 0 Å². The molecular weight excluding hydrogens is 374 g/mol. The summed E-state index contributed by atoms with van der Waals surface area (Å²) in [6.45, 7) is 0.389. The van der Waals surface area contributed by atoms with E-state index in [2.05, 4.69) is 15.5 Å². The third-order valence-corrected chi connectivity index (χ3v) is 4.29. The van der Waals surface area contributed by atoms with Gasteiger partial charge in [0.15, 0.2) is 11.5 Å². The Hall–Kier alpha value is -3.55. The third kappa shape index (κ3) is 5.04. The summed E-state index contributed by atoms with van der Waals surface area (Å²) in [6, 6.07) is 12.8. The quantitative estimate of drug-likeness (QED) is 0.593. The second-order valence-corrected chi connectivity index (χ2v) is 6.18. The molecule has 0 saturated heterocycles. The third-order valence-electron chi connectivity index (χ3n) is 4.29. The molecule has 1 amide bonds. The number of benzene rings is 2. The van der Waals surface area contributed by atoms with Crippen LogP contribution in [-0.4, -0.2) is 43.9 Å². The minimum atomic E-state index is -0.110. The lowest BCUT2D eigenvalue weighted by Gasteiger charge is -2.09. The Morgan fingerprint density at radius 2 is 1.76 bits per heavy atom. The number of amides is 1. The summed E-state index contributed by atoms with van der Waals surface area (Å²) in [5.74, 6) is 2.67. The maximum Gasteiger partial charge on any atom is 0.228 e. The average Bonchev–Trinajstić information content (AvgIpc) is 3.22. The van der Waals surface area contributed by atoms with Crippen LogP contribution in [-0.2, 0) is 17.6 Å². The summed E-state index contributed by atoms with van der Waals surface area (Å²) < 4.78 is 21.1. The highest BCUT2D eigenvalue weighted by molar-refractivity contribution is 5.78. The van der Waals surface area contributed by atoms with E-state index in [1.165, 1.54) is 0 Å². The van der Waals surface area contributed by atoms with Crippen molar-refractivity contribution in [2.45, 2.75) is 12.8 Å². The lowest BCUT2D eigenvalue weighted by molar-refractivity contribution is -0.120. The minimum Gasteiger partial charge on any atom is -0.496 e. The van der Waals surface area contributed by atoms with Gasteiger partial charge in [-0.05, 0) is 29.8 Å². The topological polar surface area (TPSA) is 95.7 Å². The fraction of sp³-hybridized carbons (Fsp3) is 0.286. The van der Waals surface area contributed by atoms with Gasteiger partial charge in [-0.25, -0.2) is 0 Å². The Balaban J connectivity index is 1.53. The molecule has 3 rings (SSSR count). The number of aromatic nitrogens is 2. The highest BCUT2D eigenvalue weighted by Gasteiger charge is 2.13. The number of carbonyl (C=O) groups excluding carboxylic acids is 1. The lowest BCUT2D eigenvalue weighted by Crippen LogP contribution is -2.27. The predicted molar refractivity (Wildman–Crippen MR) is 106 cm³/mol. The van der Waals surface area contributed by atoms with Crippen molar-refractivity contribution in [2.75, 3.05) is 27.9 Å². The lowest BCUT2D eigenvalue weighted by atomic mass is 10.1. The number of para-hydroxylation sites is 1. The molecule has 29 heavy (non-hydrogen) atoms. The van der Waals surface area contributed by atoms with E-state index in [0.29, 0.717) is 41.9 Å². The van der Waals surface area contributed by atoms with Gasteiger partial charge in [0.25, 0.3) is 0 Å². The number of ether oxygens (including phenoxy) is 3. The average molecular weight is 397 g/mol. The molecule has 0 atom stereocenters. The molecule has 152 valence electrons. The predicted octanol–water partition coefficient (Wildman–Crippen LogP) is 2.66. The van der Waals surface area contributed by atoms with Crippen LogP contribution in [0.15, 0.2) is 47.0 Å². The van der Waals surface area contributed by atoms with Gasteiger partial charge in [0, 0.05) is 13.0 Å². The van der Waals surface area contributed by atoms with E-state index in [1.807, 2.05) is 30.3 Å². The molecule has 0 fully saturated rings. The van der Waals surface area contributed by atoms with Crippen molar-refractivity contribution in [2.24, 2.45) is 0 Å². The van der Waals surface area contributed by atoms with Gasteiger partial charge in [0.05, 0.1) is 33.3 Å². The normalized spacial score (nSPS) is 10.4. The molecule has 0 unspecified atom stereocenters. The zero-order valence-corrected chi connectivity index (χ0v) is 16.6. The van der Waals surface area contributed by atoms with Crippen molar-refractivity contribution >= 4 is 5.91 Å². The highest BCUT2D eigenvalue weighted by atomic mass is 16.5. The first kappa shape index (κ1) is 20.2. The smallest absolute Gasteiger partial charge is 0.228 e. The van der Waals surface area contributed by atoms with E-state index in [0.717, 1.165) is 11.1 Å². The van der Waals surface area contributed by atoms with Crippen molar-refractivity contribution < 1.29 is 23.5 Å². The summed E-state index contributed by atoms with van der Waals surface area (Å²) >= 11 is 0. The maximum absolute atomic E-state index is 12.2. The Morgan fingerprint density at radius 3 is 2.52 bits per heavy atom. The summed E-state index contributed by atoms with van der Waals surface area (Å²) in [7, 11) is 4.72. The van der Waals surface area contributed by atoms with E-state index >= 15 is 0 Å². The number of methoxy groups -OCH3 is 3. The number of nitrogens with one attached hydrogen (secondary N) is 1. The van der Waals surface area contributed by atoms with E-state index in [4.69, 9.17) is 18.7 Å². The molecule has 2 aromatic carbocycles. The molecule has 0 aliphatic rings. The Bertz CT molecular complexity index is 970. The molecule has 0 aliphatic heterocycles. The van der Waals surface area contributed by atoms with Crippen LogP contribution in [0.2, 0.25) is 0 Å². The van der Waals surface area contributed by atoms with Gasteiger partial charge in [0.1, 0.15) is 5.75 Å². The molecule has 0 saturated carbocycles. The summed E-state index contributed by atoms with van der Waals surface area (Å²) in [6.07, 6.45) is 0.663.